The Morgan fingerprint density at radius 3 is 2.91 bits per heavy atom. The zero-order valence-corrected chi connectivity index (χ0v) is 19.6. The molecular weight excluding hydrogens is 426 g/mol. The molecule has 1 saturated heterocycles. The van der Waals surface area contributed by atoms with Crippen LogP contribution in [0, 0.1) is 5.92 Å². The van der Waals surface area contributed by atoms with Crippen molar-refractivity contribution in [3.63, 3.8) is 0 Å². The Morgan fingerprint density at radius 2 is 2.03 bits per heavy atom. The molecule has 5 rings (SSSR count). The van der Waals surface area contributed by atoms with Crippen LogP contribution in [0.3, 0.4) is 0 Å². The first-order chi connectivity index (χ1) is 16.6. The summed E-state index contributed by atoms with van der Waals surface area (Å²) in [6, 6.07) is 15.0. The van der Waals surface area contributed by atoms with Gasteiger partial charge in [-0.2, -0.15) is 0 Å². The van der Waals surface area contributed by atoms with Gasteiger partial charge < -0.3 is 14.6 Å². The molecule has 1 fully saturated rings. The minimum atomic E-state index is -0.0990. The first-order valence-corrected chi connectivity index (χ1v) is 12.1. The van der Waals surface area contributed by atoms with Crippen molar-refractivity contribution in [1.82, 2.24) is 24.2 Å². The summed E-state index contributed by atoms with van der Waals surface area (Å²) in [5.41, 5.74) is 3.51. The number of nitrogens with zero attached hydrogens (tertiary/aromatic N) is 4. The molecule has 0 bridgehead atoms. The molecule has 34 heavy (non-hydrogen) atoms. The standard InChI is InChI=1S/C27H31N5O2/c1-20-7-4-14-30(18-20)15-6-13-29-26(33)22-9-2-8-21(17-22)19-32-25-23(10-3-12-28-25)31-16-5-11-24(31)27(32)34/h2-3,5,8-12,16-17,20H,4,6-7,13-15,18-19H2,1H3,(H,29,33)/t20-/m1/s1. The number of nitrogens with one attached hydrogen (secondary N) is 1. The van der Waals surface area contributed by atoms with Gasteiger partial charge in [-0.05, 0) is 80.2 Å². The molecule has 0 unspecified atom stereocenters. The predicted molar refractivity (Wildman–Crippen MR) is 134 cm³/mol. The van der Waals surface area contributed by atoms with Crippen molar-refractivity contribution in [1.29, 1.82) is 0 Å². The number of hydrogen-bond acceptors (Lipinski definition) is 4. The van der Waals surface area contributed by atoms with Crippen LogP contribution in [-0.4, -0.2) is 50.9 Å². The molecule has 1 aromatic carbocycles. The Labute approximate surface area is 199 Å². The highest BCUT2D eigenvalue weighted by Crippen LogP contribution is 2.16. The molecule has 0 spiro atoms. The number of amides is 1. The average Bonchev–Trinajstić information content (AvgIpc) is 3.35. The van der Waals surface area contributed by atoms with Gasteiger partial charge in [-0.3, -0.25) is 14.2 Å². The van der Waals surface area contributed by atoms with Crippen LogP contribution >= 0.6 is 0 Å². The molecule has 0 radical (unpaired) electrons. The van der Waals surface area contributed by atoms with Crippen molar-refractivity contribution >= 4 is 22.6 Å². The predicted octanol–water partition coefficient (Wildman–Crippen LogP) is 3.55. The maximum Gasteiger partial charge on any atom is 0.276 e. The summed E-state index contributed by atoms with van der Waals surface area (Å²) in [7, 11) is 0. The Morgan fingerprint density at radius 1 is 1.15 bits per heavy atom. The molecular formula is C27H31N5O2. The molecule has 176 valence electrons. The van der Waals surface area contributed by atoms with Crippen LogP contribution in [0.1, 0.15) is 42.1 Å². The van der Waals surface area contributed by atoms with E-state index in [9.17, 15) is 9.59 Å². The molecule has 4 aromatic rings. The first-order valence-electron chi connectivity index (χ1n) is 12.1. The van der Waals surface area contributed by atoms with Crippen LogP contribution in [-0.2, 0) is 6.54 Å². The Balaban J connectivity index is 1.28. The van der Waals surface area contributed by atoms with E-state index in [1.807, 2.05) is 59.1 Å². The van der Waals surface area contributed by atoms with Crippen molar-refractivity contribution in [2.45, 2.75) is 32.7 Å². The second-order valence-corrected chi connectivity index (χ2v) is 9.36. The van der Waals surface area contributed by atoms with Gasteiger partial charge in [-0.1, -0.05) is 19.1 Å². The number of piperidine rings is 1. The Bertz CT molecular complexity index is 1370. The maximum atomic E-state index is 13.2. The fraction of sp³-hybridized carbons (Fsp3) is 0.370. The van der Waals surface area contributed by atoms with Crippen molar-refractivity contribution < 1.29 is 4.79 Å². The summed E-state index contributed by atoms with van der Waals surface area (Å²) in [5, 5.41) is 3.05. The van der Waals surface area contributed by atoms with E-state index in [2.05, 4.69) is 22.1 Å². The van der Waals surface area contributed by atoms with Gasteiger partial charge in [0.1, 0.15) is 5.52 Å². The zero-order valence-electron chi connectivity index (χ0n) is 19.6. The number of hydrogen-bond donors (Lipinski definition) is 1. The fourth-order valence-electron chi connectivity index (χ4n) is 5.02. The molecule has 1 N–H and O–H groups in total. The summed E-state index contributed by atoms with van der Waals surface area (Å²) >= 11 is 0. The first kappa shape index (κ1) is 22.3. The zero-order chi connectivity index (χ0) is 23.5. The Hall–Kier alpha value is -3.45. The number of carbonyl (C=O) groups is 1. The summed E-state index contributed by atoms with van der Waals surface area (Å²) in [4.78, 5) is 32.9. The van der Waals surface area contributed by atoms with Crippen LogP contribution in [0.15, 0.2) is 65.7 Å². The van der Waals surface area contributed by atoms with Gasteiger partial charge in [0.25, 0.3) is 11.5 Å². The van der Waals surface area contributed by atoms with Gasteiger partial charge in [0.15, 0.2) is 5.65 Å². The Kier molecular flexibility index (Phi) is 6.45. The molecule has 7 nitrogen and oxygen atoms in total. The van der Waals surface area contributed by atoms with E-state index in [0.29, 0.717) is 29.8 Å². The molecule has 1 aliphatic heterocycles. The number of fused-ring (bicyclic) bond motifs is 3. The number of benzene rings is 1. The number of likely N-dealkylation sites (tertiary alicyclic amines) is 1. The third kappa shape index (κ3) is 4.61. The highest BCUT2D eigenvalue weighted by molar-refractivity contribution is 5.94. The molecule has 0 aliphatic carbocycles. The number of pyridine rings is 1. The quantitative estimate of drug-likeness (QED) is 0.431. The van der Waals surface area contributed by atoms with Crippen molar-refractivity contribution in [2.24, 2.45) is 5.92 Å². The monoisotopic (exact) mass is 457 g/mol. The molecule has 3 aromatic heterocycles. The van der Waals surface area contributed by atoms with Crippen LogP contribution in [0.25, 0.3) is 16.7 Å². The average molecular weight is 458 g/mol. The van der Waals surface area contributed by atoms with E-state index in [1.54, 1.807) is 10.8 Å². The van der Waals surface area contributed by atoms with Gasteiger partial charge in [0, 0.05) is 31.0 Å². The van der Waals surface area contributed by atoms with E-state index >= 15 is 0 Å². The van der Waals surface area contributed by atoms with E-state index in [-0.39, 0.29) is 11.5 Å². The SMILES string of the molecule is C[C@@H]1CCCN(CCCNC(=O)c2cccc(Cn3c(=O)c4cccn4c4cccnc43)c2)C1. The van der Waals surface area contributed by atoms with Crippen molar-refractivity contribution in [3.05, 3.63) is 82.4 Å². The van der Waals surface area contributed by atoms with E-state index in [4.69, 9.17) is 0 Å². The largest absolute Gasteiger partial charge is 0.352 e. The van der Waals surface area contributed by atoms with Gasteiger partial charge in [-0.15, -0.1) is 0 Å². The normalized spacial score (nSPS) is 16.8. The van der Waals surface area contributed by atoms with Gasteiger partial charge in [0.2, 0.25) is 0 Å². The van der Waals surface area contributed by atoms with Crippen LogP contribution in [0.5, 0.6) is 0 Å². The van der Waals surface area contributed by atoms with Gasteiger partial charge in [-0.25, -0.2) is 4.98 Å². The molecule has 1 amide bonds. The van der Waals surface area contributed by atoms with Crippen molar-refractivity contribution in [2.75, 3.05) is 26.2 Å². The third-order valence-corrected chi connectivity index (χ3v) is 6.70. The third-order valence-electron chi connectivity index (χ3n) is 6.70. The second kappa shape index (κ2) is 9.81. The molecule has 7 heteroatoms. The van der Waals surface area contributed by atoms with Crippen LogP contribution < -0.4 is 10.9 Å². The molecule has 1 aliphatic rings. The van der Waals surface area contributed by atoms with E-state index in [1.165, 1.54) is 12.8 Å². The smallest absolute Gasteiger partial charge is 0.276 e. The summed E-state index contributed by atoms with van der Waals surface area (Å²) < 4.78 is 3.55. The van der Waals surface area contributed by atoms with Gasteiger partial charge in [0.05, 0.1) is 12.1 Å². The minimum absolute atomic E-state index is 0.0776. The number of carbonyl (C=O) groups excluding carboxylic acids is 1. The van der Waals surface area contributed by atoms with Crippen molar-refractivity contribution in [3.8, 4) is 0 Å². The summed E-state index contributed by atoms with van der Waals surface area (Å²) in [5.74, 6) is 0.690. The molecule has 0 saturated carbocycles. The van der Waals surface area contributed by atoms with Gasteiger partial charge >= 0.3 is 0 Å². The molecule has 1 atom stereocenters. The second-order valence-electron chi connectivity index (χ2n) is 9.36. The lowest BCUT2D eigenvalue weighted by Crippen LogP contribution is -2.36. The minimum Gasteiger partial charge on any atom is -0.352 e. The molecule has 4 heterocycles. The fourth-order valence-corrected chi connectivity index (χ4v) is 5.02. The van der Waals surface area contributed by atoms with E-state index < -0.39 is 0 Å². The number of rotatable bonds is 7. The lowest BCUT2D eigenvalue weighted by Gasteiger charge is -2.30. The maximum absolute atomic E-state index is 13.2. The summed E-state index contributed by atoms with van der Waals surface area (Å²) in [6.07, 6.45) is 7.11. The van der Waals surface area contributed by atoms with E-state index in [0.717, 1.165) is 43.1 Å². The topological polar surface area (TPSA) is 71.6 Å². The lowest BCUT2D eigenvalue weighted by molar-refractivity contribution is 0.0950. The highest BCUT2D eigenvalue weighted by Gasteiger charge is 2.16. The van der Waals surface area contributed by atoms with Crippen LogP contribution in [0.4, 0.5) is 0 Å². The number of aromatic nitrogens is 3. The summed E-state index contributed by atoms with van der Waals surface area (Å²) in [6.45, 7) is 6.67. The highest BCUT2D eigenvalue weighted by atomic mass is 16.1. The lowest BCUT2D eigenvalue weighted by atomic mass is 10.0. The van der Waals surface area contributed by atoms with Crippen LogP contribution in [0.2, 0.25) is 0 Å².